The predicted octanol–water partition coefficient (Wildman–Crippen LogP) is 4.99. The van der Waals surface area contributed by atoms with Crippen molar-refractivity contribution in [3.8, 4) is 0 Å². The SMILES string of the molecule is CCc1ccc(C(=O)C=Cc2ccc(N(CC)CC)cc2)cc1. The summed E-state index contributed by atoms with van der Waals surface area (Å²) in [5, 5.41) is 0. The Kier molecular flexibility index (Phi) is 6.16. The molecule has 0 heterocycles. The fourth-order valence-corrected chi connectivity index (χ4v) is 2.56. The first-order valence-corrected chi connectivity index (χ1v) is 8.34. The third-order valence-corrected chi connectivity index (χ3v) is 4.10. The van der Waals surface area contributed by atoms with E-state index in [1.165, 1.54) is 11.3 Å². The highest BCUT2D eigenvalue weighted by molar-refractivity contribution is 6.06. The first-order valence-electron chi connectivity index (χ1n) is 8.34. The zero-order valence-corrected chi connectivity index (χ0v) is 14.3. The molecule has 23 heavy (non-hydrogen) atoms. The zero-order chi connectivity index (χ0) is 16.7. The Morgan fingerprint density at radius 3 is 2.04 bits per heavy atom. The topological polar surface area (TPSA) is 20.3 Å². The lowest BCUT2D eigenvalue weighted by Crippen LogP contribution is -2.21. The fraction of sp³-hybridized carbons (Fsp3) is 0.286. The van der Waals surface area contributed by atoms with Gasteiger partial charge in [-0.05, 0) is 49.6 Å². The number of allylic oxidation sites excluding steroid dienone is 1. The molecule has 0 unspecified atom stereocenters. The third-order valence-electron chi connectivity index (χ3n) is 4.10. The zero-order valence-electron chi connectivity index (χ0n) is 14.3. The highest BCUT2D eigenvalue weighted by Crippen LogP contribution is 2.16. The maximum absolute atomic E-state index is 12.2. The van der Waals surface area contributed by atoms with Gasteiger partial charge in [-0.3, -0.25) is 4.79 Å². The molecular weight excluding hydrogens is 282 g/mol. The van der Waals surface area contributed by atoms with Crippen molar-refractivity contribution >= 4 is 17.5 Å². The molecule has 0 N–H and O–H groups in total. The monoisotopic (exact) mass is 307 g/mol. The van der Waals surface area contributed by atoms with Crippen LogP contribution in [0.1, 0.15) is 42.3 Å². The minimum absolute atomic E-state index is 0.0421. The Bertz CT molecular complexity index is 649. The molecule has 0 aliphatic carbocycles. The van der Waals surface area contributed by atoms with Crippen molar-refractivity contribution in [1.82, 2.24) is 0 Å². The summed E-state index contributed by atoms with van der Waals surface area (Å²) in [5.74, 6) is 0.0421. The van der Waals surface area contributed by atoms with E-state index in [2.05, 4.69) is 49.9 Å². The van der Waals surface area contributed by atoms with E-state index in [9.17, 15) is 4.79 Å². The van der Waals surface area contributed by atoms with Crippen LogP contribution in [0.2, 0.25) is 0 Å². The molecule has 2 rings (SSSR count). The Balaban J connectivity index is 2.05. The van der Waals surface area contributed by atoms with Gasteiger partial charge in [0.15, 0.2) is 5.78 Å². The average molecular weight is 307 g/mol. The standard InChI is InChI=1S/C21H25NO/c1-4-17-7-12-19(13-8-17)21(23)16-11-18-9-14-20(15-10-18)22(5-2)6-3/h7-16H,4-6H2,1-3H3. The Morgan fingerprint density at radius 2 is 1.52 bits per heavy atom. The number of anilines is 1. The lowest BCUT2D eigenvalue weighted by atomic mass is 10.1. The van der Waals surface area contributed by atoms with E-state index in [1.807, 2.05) is 30.3 Å². The summed E-state index contributed by atoms with van der Waals surface area (Å²) >= 11 is 0. The largest absolute Gasteiger partial charge is 0.372 e. The quantitative estimate of drug-likeness (QED) is 0.530. The molecule has 0 atom stereocenters. The third kappa shape index (κ3) is 4.56. The second-order valence-corrected chi connectivity index (χ2v) is 5.51. The van der Waals surface area contributed by atoms with Crippen molar-refractivity contribution in [2.75, 3.05) is 18.0 Å². The summed E-state index contributed by atoms with van der Waals surface area (Å²) in [7, 11) is 0. The Morgan fingerprint density at radius 1 is 0.913 bits per heavy atom. The lowest BCUT2D eigenvalue weighted by molar-refractivity contribution is 0.104. The molecule has 2 aromatic rings. The number of rotatable bonds is 7. The van der Waals surface area contributed by atoms with E-state index in [4.69, 9.17) is 0 Å². The normalized spacial score (nSPS) is 10.9. The number of hydrogen-bond acceptors (Lipinski definition) is 2. The van der Waals surface area contributed by atoms with Crippen molar-refractivity contribution in [2.45, 2.75) is 27.2 Å². The molecule has 2 heteroatoms. The van der Waals surface area contributed by atoms with Gasteiger partial charge in [0.2, 0.25) is 0 Å². The number of hydrogen-bond donors (Lipinski definition) is 0. The van der Waals surface area contributed by atoms with Gasteiger partial charge >= 0.3 is 0 Å². The van der Waals surface area contributed by atoms with Gasteiger partial charge in [-0.15, -0.1) is 0 Å². The van der Waals surface area contributed by atoms with Gasteiger partial charge in [0.1, 0.15) is 0 Å². The fourth-order valence-electron chi connectivity index (χ4n) is 2.56. The summed E-state index contributed by atoms with van der Waals surface area (Å²) in [5.41, 5.74) is 4.24. The minimum atomic E-state index is 0.0421. The van der Waals surface area contributed by atoms with Crippen LogP contribution in [-0.4, -0.2) is 18.9 Å². The highest BCUT2D eigenvalue weighted by atomic mass is 16.1. The second-order valence-electron chi connectivity index (χ2n) is 5.51. The molecule has 0 saturated carbocycles. The van der Waals surface area contributed by atoms with E-state index in [0.717, 1.165) is 30.6 Å². The Hall–Kier alpha value is -2.35. The summed E-state index contributed by atoms with van der Waals surface area (Å²) < 4.78 is 0. The van der Waals surface area contributed by atoms with Gasteiger partial charge in [-0.25, -0.2) is 0 Å². The number of carbonyl (C=O) groups excluding carboxylic acids is 1. The van der Waals surface area contributed by atoms with Crippen LogP contribution in [-0.2, 0) is 6.42 Å². The van der Waals surface area contributed by atoms with Gasteiger partial charge in [0.05, 0.1) is 0 Å². The molecule has 0 amide bonds. The van der Waals surface area contributed by atoms with Gasteiger partial charge in [0, 0.05) is 24.3 Å². The predicted molar refractivity (Wildman–Crippen MR) is 99.2 cm³/mol. The molecule has 0 aliphatic rings. The van der Waals surface area contributed by atoms with Crippen molar-refractivity contribution in [3.63, 3.8) is 0 Å². The van der Waals surface area contributed by atoms with Crippen LogP contribution in [0.4, 0.5) is 5.69 Å². The smallest absolute Gasteiger partial charge is 0.185 e. The molecule has 0 aromatic heterocycles. The summed E-state index contributed by atoms with van der Waals surface area (Å²) in [6, 6.07) is 16.1. The number of nitrogens with zero attached hydrogens (tertiary/aromatic N) is 1. The summed E-state index contributed by atoms with van der Waals surface area (Å²) in [6.45, 7) is 8.41. The molecule has 0 saturated heterocycles. The van der Waals surface area contributed by atoms with E-state index >= 15 is 0 Å². The molecule has 2 aromatic carbocycles. The highest BCUT2D eigenvalue weighted by Gasteiger charge is 2.02. The van der Waals surface area contributed by atoms with Gasteiger partial charge in [-0.2, -0.15) is 0 Å². The lowest BCUT2D eigenvalue weighted by Gasteiger charge is -2.20. The molecule has 120 valence electrons. The van der Waals surface area contributed by atoms with Gasteiger partial charge < -0.3 is 4.90 Å². The molecular formula is C21H25NO. The first-order chi connectivity index (χ1) is 11.2. The van der Waals surface area contributed by atoms with Crippen molar-refractivity contribution in [2.24, 2.45) is 0 Å². The number of ketones is 1. The van der Waals surface area contributed by atoms with Crippen LogP contribution >= 0.6 is 0 Å². The molecule has 0 spiro atoms. The summed E-state index contributed by atoms with van der Waals surface area (Å²) in [4.78, 5) is 14.5. The number of benzene rings is 2. The van der Waals surface area contributed by atoms with Crippen LogP contribution in [0.25, 0.3) is 6.08 Å². The van der Waals surface area contributed by atoms with Gasteiger partial charge in [0.25, 0.3) is 0 Å². The molecule has 2 nitrogen and oxygen atoms in total. The van der Waals surface area contributed by atoms with E-state index in [1.54, 1.807) is 6.08 Å². The summed E-state index contributed by atoms with van der Waals surface area (Å²) in [6.07, 6.45) is 4.51. The average Bonchev–Trinajstić information content (AvgIpc) is 2.62. The van der Waals surface area contributed by atoms with Gasteiger partial charge in [-0.1, -0.05) is 49.4 Å². The first kappa shape index (κ1) is 17.0. The molecule has 0 aliphatic heterocycles. The molecule has 0 radical (unpaired) electrons. The maximum Gasteiger partial charge on any atom is 0.185 e. The van der Waals surface area contributed by atoms with Crippen molar-refractivity contribution in [1.29, 1.82) is 0 Å². The van der Waals surface area contributed by atoms with Crippen LogP contribution in [0.3, 0.4) is 0 Å². The second kappa shape index (κ2) is 8.33. The van der Waals surface area contributed by atoms with Crippen LogP contribution in [0.5, 0.6) is 0 Å². The van der Waals surface area contributed by atoms with E-state index < -0.39 is 0 Å². The molecule has 0 bridgehead atoms. The van der Waals surface area contributed by atoms with Crippen LogP contribution < -0.4 is 4.90 Å². The molecule has 0 fully saturated rings. The minimum Gasteiger partial charge on any atom is -0.372 e. The van der Waals surface area contributed by atoms with E-state index in [-0.39, 0.29) is 5.78 Å². The maximum atomic E-state index is 12.2. The van der Waals surface area contributed by atoms with Crippen LogP contribution in [0, 0.1) is 0 Å². The van der Waals surface area contributed by atoms with Crippen molar-refractivity contribution < 1.29 is 4.79 Å². The van der Waals surface area contributed by atoms with Crippen LogP contribution in [0.15, 0.2) is 54.6 Å². The van der Waals surface area contributed by atoms with Crippen molar-refractivity contribution in [3.05, 3.63) is 71.3 Å². The number of carbonyl (C=O) groups is 1. The number of aryl methyl sites for hydroxylation is 1. The Labute approximate surface area is 139 Å². The van der Waals surface area contributed by atoms with E-state index in [0.29, 0.717) is 0 Å².